The molecule has 0 saturated heterocycles. The van der Waals surface area contributed by atoms with Crippen molar-refractivity contribution in [2.24, 2.45) is 0 Å². The largest absolute Gasteiger partial charge is 0.497 e. The lowest BCUT2D eigenvalue weighted by atomic mass is 10.1. The lowest BCUT2D eigenvalue weighted by Gasteiger charge is -2.34. The predicted molar refractivity (Wildman–Crippen MR) is 138 cm³/mol. The molecular formula is C26H27ClN2O6S. The third-order valence-corrected chi connectivity index (χ3v) is 7.91. The number of benzene rings is 3. The molecule has 0 radical (unpaired) electrons. The molecule has 4 rings (SSSR count). The van der Waals surface area contributed by atoms with E-state index in [1.165, 1.54) is 30.9 Å². The van der Waals surface area contributed by atoms with Crippen molar-refractivity contribution in [3.05, 3.63) is 76.8 Å². The van der Waals surface area contributed by atoms with E-state index in [1.54, 1.807) is 24.3 Å². The van der Waals surface area contributed by atoms with Gasteiger partial charge in [-0.05, 0) is 79.6 Å². The molecule has 0 saturated carbocycles. The first kappa shape index (κ1) is 25.7. The molecule has 1 amide bonds. The van der Waals surface area contributed by atoms with E-state index < -0.39 is 22.0 Å². The van der Waals surface area contributed by atoms with E-state index in [9.17, 15) is 13.2 Å². The van der Waals surface area contributed by atoms with Crippen LogP contribution in [-0.4, -0.2) is 47.2 Å². The minimum Gasteiger partial charge on any atom is -0.497 e. The summed E-state index contributed by atoms with van der Waals surface area (Å²) in [7, 11) is -2.52. The van der Waals surface area contributed by atoms with Gasteiger partial charge in [-0.25, -0.2) is 8.42 Å². The van der Waals surface area contributed by atoms with E-state index in [2.05, 4.69) is 5.32 Å². The molecular weight excluding hydrogens is 504 g/mol. The van der Waals surface area contributed by atoms with Crippen LogP contribution >= 0.6 is 11.6 Å². The van der Waals surface area contributed by atoms with Crippen LogP contribution < -0.4 is 23.8 Å². The highest BCUT2D eigenvalue weighted by molar-refractivity contribution is 7.92. The monoisotopic (exact) mass is 530 g/mol. The highest BCUT2D eigenvalue weighted by Gasteiger charge is 2.37. The SMILES string of the molecule is COc1ccc(S(=O)(=O)N2C[C@@H](C(=O)NCCOc3ccc(C)c(C)c3)Oc3ccc(Cl)cc32)cc1. The number of ether oxygens (including phenoxy) is 3. The van der Waals surface area contributed by atoms with Crippen LogP contribution in [0.2, 0.25) is 5.02 Å². The number of carbonyl (C=O) groups is 1. The van der Waals surface area contributed by atoms with E-state index in [1.807, 2.05) is 32.0 Å². The quantitative estimate of drug-likeness (QED) is 0.440. The zero-order valence-electron chi connectivity index (χ0n) is 20.2. The Balaban J connectivity index is 1.48. The maximum Gasteiger partial charge on any atom is 0.264 e. The van der Waals surface area contributed by atoms with Gasteiger partial charge in [0.05, 0.1) is 30.8 Å². The summed E-state index contributed by atoms with van der Waals surface area (Å²) >= 11 is 6.14. The molecule has 1 heterocycles. The molecule has 1 atom stereocenters. The number of anilines is 1. The van der Waals surface area contributed by atoms with Gasteiger partial charge in [-0.3, -0.25) is 9.10 Å². The first-order chi connectivity index (χ1) is 17.2. The van der Waals surface area contributed by atoms with Crippen molar-refractivity contribution in [2.45, 2.75) is 24.8 Å². The number of hydrogen-bond acceptors (Lipinski definition) is 6. The summed E-state index contributed by atoms with van der Waals surface area (Å²) in [5.74, 6) is 1.03. The molecule has 0 unspecified atom stereocenters. The Hall–Kier alpha value is -3.43. The molecule has 1 N–H and O–H groups in total. The number of aryl methyl sites for hydroxylation is 2. The van der Waals surface area contributed by atoms with E-state index in [4.69, 9.17) is 25.8 Å². The van der Waals surface area contributed by atoms with Gasteiger partial charge in [-0.2, -0.15) is 0 Å². The Morgan fingerprint density at radius 3 is 2.47 bits per heavy atom. The number of fused-ring (bicyclic) bond motifs is 1. The molecule has 36 heavy (non-hydrogen) atoms. The van der Waals surface area contributed by atoms with Crippen molar-refractivity contribution >= 4 is 33.2 Å². The zero-order valence-corrected chi connectivity index (χ0v) is 21.7. The number of methoxy groups -OCH3 is 1. The first-order valence-corrected chi connectivity index (χ1v) is 13.1. The summed E-state index contributed by atoms with van der Waals surface area (Å²) in [5.41, 5.74) is 2.55. The van der Waals surface area contributed by atoms with Gasteiger partial charge in [0.15, 0.2) is 6.10 Å². The van der Waals surface area contributed by atoms with Crippen LogP contribution in [0.5, 0.6) is 17.2 Å². The summed E-state index contributed by atoms with van der Waals surface area (Å²) < 4.78 is 44.9. The fraction of sp³-hybridized carbons (Fsp3) is 0.269. The second kappa shape index (κ2) is 10.7. The summed E-state index contributed by atoms with van der Waals surface area (Å²) in [6.45, 7) is 4.28. The minimum absolute atomic E-state index is 0.0528. The van der Waals surface area contributed by atoms with Gasteiger partial charge in [-0.15, -0.1) is 0 Å². The highest BCUT2D eigenvalue weighted by Crippen LogP contribution is 2.39. The second-order valence-electron chi connectivity index (χ2n) is 8.32. The van der Waals surface area contributed by atoms with Crippen molar-refractivity contribution < 1.29 is 27.4 Å². The van der Waals surface area contributed by atoms with Crippen LogP contribution in [-0.2, 0) is 14.8 Å². The molecule has 8 nitrogen and oxygen atoms in total. The molecule has 190 valence electrons. The van der Waals surface area contributed by atoms with Gasteiger partial charge in [0.25, 0.3) is 15.9 Å². The molecule has 1 aliphatic rings. The topological polar surface area (TPSA) is 94.2 Å². The highest BCUT2D eigenvalue weighted by atomic mass is 35.5. The number of halogens is 1. The van der Waals surface area contributed by atoms with Crippen molar-refractivity contribution in [3.8, 4) is 17.2 Å². The Morgan fingerprint density at radius 2 is 1.78 bits per heavy atom. The fourth-order valence-corrected chi connectivity index (χ4v) is 5.36. The lowest BCUT2D eigenvalue weighted by Crippen LogP contribution is -2.51. The van der Waals surface area contributed by atoms with Crippen LogP contribution in [0.4, 0.5) is 5.69 Å². The number of nitrogens with one attached hydrogen (secondary N) is 1. The van der Waals surface area contributed by atoms with Crippen LogP contribution in [0.15, 0.2) is 65.6 Å². The van der Waals surface area contributed by atoms with E-state index in [0.29, 0.717) is 16.5 Å². The van der Waals surface area contributed by atoms with Gasteiger partial charge >= 0.3 is 0 Å². The normalized spacial score (nSPS) is 15.0. The molecule has 0 fully saturated rings. The number of sulfonamides is 1. The number of carbonyl (C=O) groups excluding carboxylic acids is 1. The summed E-state index contributed by atoms with van der Waals surface area (Å²) in [4.78, 5) is 13.0. The van der Waals surface area contributed by atoms with E-state index >= 15 is 0 Å². The maximum absolute atomic E-state index is 13.5. The van der Waals surface area contributed by atoms with Crippen molar-refractivity contribution in [1.29, 1.82) is 0 Å². The molecule has 0 spiro atoms. The molecule has 3 aromatic carbocycles. The molecule has 0 aliphatic carbocycles. The summed E-state index contributed by atoms with van der Waals surface area (Å²) in [6.07, 6.45) is -1.06. The van der Waals surface area contributed by atoms with Crippen molar-refractivity contribution in [1.82, 2.24) is 5.32 Å². The fourth-order valence-electron chi connectivity index (χ4n) is 3.72. The molecule has 10 heteroatoms. The Kier molecular flexibility index (Phi) is 7.61. The second-order valence-corrected chi connectivity index (χ2v) is 10.6. The summed E-state index contributed by atoms with van der Waals surface area (Å²) in [5, 5.41) is 3.11. The van der Waals surface area contributed by atoms with Gasteiger partial charge in [0.2, 0.25) is 0 Å². The first-order valence-electron chi connectivity index (χ1n) is 11.3. The lowest BCUT2D eigenvalue weighted by molar-refractivity contribution is -0.127. The summed E-state index contributed by atoms with van der Waals surface area (Å²) in [6, 6.07) is 16.4. The van der Waals surface area contributed by atoms with Gasteiger partial charge in [0, 0.05) is 5.02 Å². The standard InChI is InChI=1S/C26H27ClN2O6S/c1-17-4-6-21(14-18(17)2)34-13-12-28-26(30)25-16-29(23-15-19(27)5-11-24(23)35-25)36(31,32)22-9-7-20(33-3)8-10-22/h4-11,14-15,25H,12-13,16H2,1-3H3,(H,28,30)/t25-/m0/s1. The van der Waals surface area contributed by atoms with Crippen LogP contribution in [0.25, 0.3) is 0 Å². The Bertz CT molecular complexity index is 1360. The Labute approximate surface area is 215 Å². The van der Waals surface area contributed by atoms with Gasteiger partial charge < -0.3 is 19.5 Å². The maximum atomic E-state index is 13.5. The number of rotatable bonds is 8. The van der Waals surface area contributed by atoms with Crippen LogP contribution in [0.3, 0.4) is 0 Å². The van der Waals surface area contributed by atoms with Crippen LogP contribution in [0, 0.1) is 13.8 Å². The third kappa shape index (κ3) is 5.52. The zero-order chi connectivity index (χ0) is 25.9. The molecule has 0 bridgehead atoms. The van der Waals surface area contributed by atoms with Gasteiger partial charge in [-0.1, -0.05) is 17.7 Å². The number of amides is 1. The third-order valence-electron chi connectivity index (χ3n) is 5.88. The number of hydrogen-bond donors (Lipinski definition) is 1. The van der Waals surface area contributed by atoms with E-state index in [-0.39, 0.29) is 36.0 Å². The van der Waals surface area contributed by atoms with Crippen LogP contribution in [0.1, 0.15) is 11.1 Å². The average molecular weight is 531 g/mol. The molecule has 1 aliphatic heterocycles. The number of nitrogens with zero attached hydrogens (tertiary/aromatic N) is 1. The molecule has 3 aromatic rings. The molecule has 0 aromatic heterocycles. The van der Waals surface area contributed by atoms with Gasteiger partial charge in [0.1, 0.15) is 23.9 Å². The van der Waals surface area contributed by atoms with Crippen molar-refractivity contribution in [3.63, 3.8) is 0 Å². The average Bonchev–Trinajstić information content (AvgIpc) is 2.87. The smallest absolute Gasteiger partial charge is 0.264 e. The van der Waals surface area contributed by atoms with E-state index in [0.717, 1.165) is 9.87 Å². The minimum atomic E-state index is -4.02. The Morgan fingerprint density at radius 1 is 1.06 bits per heavy atom. The van der Waals surface area contributed by atoms with Crippen molar-refractivity contribution in [2.75, 3.05) is 31.1 Å². The predicted octanol–water partition coefficient (Wildman–Crippen LogP) is 4.12.